The second-order valence-electron chi connectivity index (χ2n) is 7.62. The Morgan fingerprint density at radius 1 is 1.22 bits per heavy atom. The first-order valence-corrected chi connectivity index (χ1v) is 9.38. The topological polar surface area (TPSA) is 35.5 Å². The van der Waals surface area contributed by atoms with Crippen molar-refractivity contribution in [1.29, 1.82) is 0 Å². The second kappa shape index (κ2) is 7.23. The van der Waals surface area contributed by atoms with Gasteiger partial charge in [0.2, 0.25) is 0 Å². The van der Waals surface area contributed by atoms with Gasteiger partial charge in [-0.15, -0.1) is 0 Å². The molecule has 1 saturated carbocycles. The Bertz CT molecular complexity index is 481. The van der Waals surface area contributed by atoms with Crippen molar-refractivity contribution >= 4 is 5.69 Å². The highest BCUT2D eigenvalue weighted by Gasteiger charge is 2.34. The SMILES string of the molecule is CCC1(CNC(C)c2ccc(N3CCC(O)CC3)cc2)CCC1. The third kappa shape index (κ3) is 3.89. The third-order valence-corrected chi connectivity index (χ3v) is 6.17. The molecule has 0 spiro atoms. The number of aliphatic hydroxyl groups excluding tert-OH is 1. The van der Waals surface area contributed by atoms with Crippen LogP contribution in [-0.4, -0.2) is 30.8 Å². The van der Waals surface area contributed by atoms with Gasteiger partial charge in [0.25, 0.3) is 0 Å². The number of benzene rings is 1. The van der Waals surface area contributed by atoms with Gasteiger partial charge in [0, 0.05) is 31.4 Å². The lowest BCUT2D eigenvalue weighted by Crippen LogP contribution is -2.40. The molecule has 128 valence electrons. The minimum absolute atomic E-state index is 0.105. The van der Waals surface area contributed by atoms with E-state index in [1.165, 1.54) is 36.9 Å². The average Bonchev–Trinajstić information content (AvgIpc) is 2.55. The zero-order chi connectivity index (χ0) is 16.3. The van der Waals surface area contributed by atoms with E-state index < -0.39 is 0 Å². The molecule has 1 aromatic rings. The summed E-state index contributed by atoms with van der Waals surface area (Å²) in [4.78, 5) is 2.38. The summed E-state index contributed by atoms with van der Waals surface area (Å²) >= 11 is 0. The van der Waals surface area contributed by atoms with Gasteiger partial charge in [0.15, 0.2) is 0 Å². The Morgan fingerprint density at radius 3 is 2.39 bits per heavy atom. The first-order chi connectivity index (χ1) is 11.1. The Hall–Kier alpha value is -1.06. The molecule has 1 aliphatic carbocycles. The predicted octanol–water partition coefficient (Wildman–Crippen LogP) is 3.88. The number of nitrogens with zero attached hydrogens (tertiary/aromatic N) is 1. The zero-order valence-corrected chi connectivity index (χ0v) is 14.7. The first-order valence-electron chi connectivity index (χ1n) is 9.38. The molecule has 1 aromatic carbocycles. The standard InChI is InChI=1S/C20H32N2O/c1-3-20(11-4-12-20)15-21-16(2)17-5-7-18(8-6-17)22-13-9-19(23)10-14-22/h5-8,16,19,21,23H,3-4,9-15H2,1-2H3. The van der Waals surface area contributed by atoms with Crippen LogP contribution in [0, 0.1) is 5.41 Å². The summed E-state index contributed by atoms with van der Waals surface area (Å²) < 4.78 is 0. The molecule has 23 heavy (non-hydrogen) atoms. The van der Waals surface area contributed by atoms with Crippen LogP contribution in [0.4, 0.5) is 5.69 Å². The van der Waals surface area contributed by atoms with Crippen LogP contribution in [0.1, 0.15) is 64.0 Å². The van der Waals surface area contributed by atoms with Gasteiger partial charge in [-0.1, -0.05) is 25.5 Å². The summed E-state index contributed by atoms with van der Waals surface area (Å²) in [7, 11) is 0. The fourth-order valence-electron chi connectivity index (χ4n) is 3.92. The third-order valence-electron chi connectivity index (χ3n) is 6.17. The highest BCUT2D eigenvalue weighted by Crippen LogP contribution is 2.43. The highest BCUT2D eigenvalue weighted by atomic mass is 16.3. The van der Waals surface area contributed by atoms with Crippen LogP contribution < -0.4 is 10.2 Å². The van der Waals surface area contributed by atoms with Crippen molar-refractivity contribution in [2.45, 2.75) is 64.5 Å². The van der Waals surface area contributed by atoms with Gasteiger partial charge >= 0.3 is 0 Å². The first kappa shape index (κ1) is 16.8. The van der Waals surface area contributed by atoms with Crippen LogP contribution in [-0.2, 0) is 0 Å². The maximum Gasteiger partial charge on any atom is 0.0574 e. The number of hydrogen-bond donors (Lipinski definition) is 2. The Labute approximate surface area is 141 Å². The van der Waals surface area contributed by atoms with E-state index >= 15 is 0 Å². The van der Waals surface area contributed by atoms with E-state index in [0.717, 1.165) is 32.5 Å². The Balaban J connectivity index is 1.54. The van der Waals surface area contributed by atoms with Crippen molar-refractivity contribution in [3.05, 3.63) is 29.8 Å². The Kier molecular flexibility index (Phi) is 5.27. The molecule has 2 fully saturated rings. The second-order valence-corrected chi connectivity index (χ2v) is 7.62. The summed E-state index contributed by atoms with van der Waals surface area (Å²) in [6.07, 6.45) is 7.16. The summed E-state index contributed by atoms with van der Waals surface area (Å²) in [5.41, 5.74) is 3.23. The van der Waals surface area contributed by atoms with Crippen LogP contribution in [0.15, 0.2) is 24.3 Å². The van der Waals surface area contributed by atoms with Crippen molar-refractivity contribution in [3.8, 4) is 0 Å². The van der Waals surface area contributed by atoms with E-state index in [9.17, 15) is 5.11 Å². The number of hydrogen-bond acceptors (Lipinski definition) is 3. The van der Waals surface area contributed by atoms with E-state index in [1.807, 2.05) is 0 Å². The predicted molar refractivity (Wildman–Crippen MR) is 96.9 cm³/mol. The maximum absolute atomic E-state index is 9.63. The molecule has 3 heteroatoms. The molecule has 1 aliphatic heterocycles. The minimum atomic E-state index is -0.105. The molecule has 0 bridgehead atoms. The lowest BCUT2D eigenvalue weighted by Gasteiger charge is -2.42. The summed E-state index contributed by atoms with van der Waals surface area (Å²) in [6, 6.07) is 9.42. The molecule has 0 radical (unpaired) electrons. The molecule has 0 aromatic heterocycles. The van der Waals surface area contributed by atoms with E-state index in [2.05, 4.69) is 48.3 Å². The lowest BCUT2D eigenvalue weighted by molar-refractivity contribution is 0.120. The van der Waals surface area contributed by atoms with Gasteiger partial charge < -0.3 is 15.3 Å². The van der Waals surface area contributed by atoms with Crippen molar-refractivity contribution in [2.24, 2.45) is 5.41 Å². The van der Waals surface area contributed by atoms with Crippen molar-refractivity contribution in [2.75, 3.05) is 24.5 Å². The smallest absolute Gasteiger partial charge is 0.0574 e. The molecule has 3 rings (SSSR count). The minimum Gasteiger partial charge on any atom is -0.393 e. The number of anilines is 1. The van der Waals surface area contributed by atoms with E-state index in [-0.39, 0.29) is 6.10 Å². The van der Waals surface area contributed by atoms with Gasteiger partial charge in [-0.2, -0.15) is 0 Å². The molecule has 0 amide bonds. The molecular formula is C20H32N2O. The lowest BCUT2D eigenvalue weighted by atomic mass is 9.67. The summed E-state index contributed by atoms with van der Waals surface area (Å²) in [6.45, 7) is 7.68. The number of piperidine rings is 1. The molecule has 2 aliphatic rings. The van der Waals surface area contributed by atoms with Crippen molar-refractivity contribution in [3.63, 3.8) is 0 Å². The van der Waals surface area contributed by atoms with Crippen molar-refractivity contribution in [1.82, 2.24) is 5.32 Å². The van der Waals surface area contributed by atoms with Crippen molar-refractivity contribution < 1.29 is 5.11 Å². The molecule has 3 nitrogen and oxygen atoms in total. The molecular weight excluding hydrogens is 284 g/mol. The van der Waals surface area contributed by atoms with E-state index in [4.69, 9.17) is 0 Å². The van der Waals surface area contributed by atoms with Crippen LogP contribution >= 0.6 is 0 Å². The average molecular weight is 316 g/mol. The number of nitrogens with one attached hydrogen (secondary N) is 1. The zero-order valence-electron chi connectivity index (χ0n) is 14.7. The number of rotatable bonds is 6. The molecule has 1 unspecified atom stereocenters. The molecule has 1 saturated heterocycles. The fourth-order valence-corrected chi connectivity index (χ4v) is 3.92. The van der Waals surface area contributed by atoms with E-state index in [0.29, 0.717) is 11.5 Å². The van der Waals surface area contributed by atoms with Crippen LogP contribution in [0.2, 0.25) is 0 Å². The van der Waals surface area contributed by atoms with Gasteiger partial charge in [-0.25, -0.2) is 0 Å². The summed E-state index contributed by atoms with van der Waals surface area (Å²) in [5.74, 6) is 0. The van der Waals surface area contributed by atoms with Gasteiger partial charge in [0.05, 0.1) is 6.10 Å². The molecule has 1 heterocycles. The van der Waals surface area contributed by atoms with E-state index in [1.54, 1.807) is 0 Å². The Morgan fingerprint density at radius 2 is 1.87 bits per heavy atom. The van der Waals surface area contributed by atoms with Crippen LogP contribution in [0.3, 0.4) is 0 Å². The normalized spacial score (nSPS) is 22.7. The highest BCUT2D eigenvalue weighted by molar-refractivity contribution is 5.48. The monoisotopic (exact) mass is 316 g/mol. The largest absolute Gasteiger partial charge is 0.393 e. The molecule has 1 atom stereocenters. The van der Waals surface area contributed by atoms with Crippen LogP contribution in [0.5, 0.6) is 0 Å². The summed E-state index contributed by atoms with van der Waals surface area (Å²) in [5, 5.41) is 13.4. The number of aliphatic hydroxyl groups is 1. The fraction of sp³-hybridized carbons (Fsp3) is 0.700. The van der Waals surface area contributed by atoms with Gasteiger partial charge in [-0.05, 0) is 62.1 Å². The van der Waals surface area contributed by atoms with Crippen LogP contribution in [0.25, 0.3) is 0 Å². The van der Waals surface area contributed by atoms with Gasteiger partial charge in [0.1, 0.15) is 0 Å². The molecule has 2 N–H and O–H groups in total. The maximum atomic E-state index is 9.63. The van der Waals surface area contributed by atoms with Gasteiger partial charge in [-0.3, -0.25) is 0 Å². The quantitative estimate of drug-likeness (QED) is 0.836.